The zero-order valence-corrected chi connectivity index (χ0v) is 17.0. The minimum Gasteiger partial charge on any atom is -0.486 e. The fraction of sp³-hybridized carbons (Fsp3) is 0.682. The number of likely N-dealkylation sites (tertiary alicyclic amines) is 1. The first kappa shape index (κ1) is 20.4. The van der Waals surface area contributed by atoms with E-state index in [4.69, 9.17) is 14.2 Å². The number of hydrogen-bond donors (Lipinski definition) is 2. The second-order valence-corrected chi connectivity index (χ2v) is 8.29. The van der Waals surface area contributed by atoms with E-state index in [1.165, 1.54) is 12.8 Å². The number of carbonyl (C=O) groups excluding carboxylic acids is 1. The van der Waals surface area contributed by atoms with Crippen LogP contribution in [0.2, 0.25) is 0 Å². The maximum absolute atomic E-state index is 12.7. The molecule has 0 aromatic heterocycles. The Morgan fingerprint density at radius 1 is 1.10 bits per heavy atom. The lowest BCUT2D eigenvalue weighted by atomic mass is 9.95. The van der Waals surface area contributed by atoms with Crippen LogP contribution >= 0.6 is 0 Å². The molecule has 1 aromatic rings. The number of nitrogens with zero attached hydrogens (tertiary/aromatic N) is 1. The van der Waals surface area contributed by atoms with Gasteiger partial charge in [-0.15, -0.1) is 0 Å². The van der Waals surface area contributed by atoms with Crippen molar-refractivity contribution in [2.24, 2.45) is 5.92 Å². The smallest absolute Gasteiger partial charge is 0.220 e. The molecular weight excluding hydrogens is 372 g/mol. The molecule has 3 heterocycles. The van der Waals surface area contributed by atoms with E-state index >= 15 is 0 Å². The van der Waals surface area contributed by atoms with Crippen molar-refractivity contribution in [3.63, 3.8) is 0 Å². The summed E-state index contributed by atoms with van der Waals surface area (Å²) in [7, 11) is 0. The zero-order chi connectivity index (χ0) is 20.1. The Kier molecular flexibility index (Phi) is 6.90. The molecule has 0 bridgehead atoms. The summed E-state index contributed by atoms with van der Waals surface area (Å²) >= 11 is 0. The Morgan fingerprint density at radius 2 is 1.83 bits per heavy atom. The summed E-state index contributed by atoms with van der Waals surface area (Å²) in [4.78, 5) is 15.1. The summed E-state index contributed by atoms with van der Waals surface area (Å²) in [5, 5.41) is 14.3. The molecule has 1 aromatic carbocycles. The lowest BCUT2D eigenvalue weighted by molar-refractivity contribution is -0.124. The lowest BCUT2D eigenvalue weighted by Crippen LogP contribution is -2.47. The van der Waals surface area contributed by atoms with E-state index in [-0.39, 0.29) is 11.9 Å². The van der Waals surface area contributed by atoms with Gasteiger partial charge in [0, 0.05) is 26.2 Å². The van der Waals surface area contributed by atoms with Crippen molar-refractivity contribution in [3.8, 4) is 11.5 Å². The Hall–Kier alpha value is -1.83. The minimum atomic E-state index is -0.801. The Balaban J connectivity index is 1.44. The van der Waals surface area contributed by atoms with Gasteiger partial charge in [0.05, 0.1) is 6.04 Å². The van der Waals surface area contributed by atoms with E-state index in [9.17, 15) is 9.90 Å². The summed E-state index contributed by atoms with van der Waals surface area (Å²) in [6, 6.07) is 5.17. The third-order valence-corrected chi connectivity index (χ3v) is 6.10. The SMILES string of the molecule is O=C(CC1CCOCC1)N[C@H](CN1CCCC1)[C@@H](O)c1ccc2c(c1)OCCO2. The van der Waals surface area contributed by atoms with Gasteiger partial charge in [0.2, 0.25) is 5.91 Å². The van der Waals surface area contributed by atoms with E-state index in [1.54, 1.807) is 0 Å². The number of amides is 1. The van der Waals surface area contributed by atoms with E-state index in [0.29, 0.717) is 43.6 Å². The van der Waals surface area contributed by atoms with Crippen LogP contribution < -0.4 is 14.8 Å². The summed E-state index contributed by atoms with van der Waals surface area (Å²) in [6.07, 6.45) is 3.88. The molecule has 7 heteroatoms. The van der Waals surface area contributed by atoms with Gasteiger partial charge in [-0.25, -0.2) is 0 Å². The van der Waals surface area contributed by atoms with E-state index in [1.807, 2.05) is 18.2 Å². The molecule has 0 saturated carbocycles. The van der Waals surface area contributed by atoms with Gasteiger partial charge in [-0.2, -0.15) is 0 Å². The fourth-order valence-corrected chi connectivity index (χ4v) is 4.42. The highest BCUT2D eigenvalue weighted by Gasteiger charge is 2.28. The number of aliphatic hydroxyl groups is 1. The molecule has 2 fully saturated rings. The van der Waals surface area contributed by atoms with Gasteiger partial charge >= 0.3 is 0 Å². The number of ether oxygens (including phenoxy) is 3. The molecule has 3 aliphatic heterocycles. The number of nitrogens with one attached hydrogen (secondary N) is 1. The van der Waals surface area contributed by atoms with Crippen LogP contribution in [-0.2, 0) is 9.53 Å². The second-order valence-electron chi connectivity index (χ2n) is 8.29. The molecule has 0 unspecified atom stereocenters. The molecule has 2 saturated heterocycles. The van der Waals surface area contributed by atoms with E-state index in [0.717, 1.165) is 44.7 Å². The van der Waals surface area contributed by atoms with Crippen LogP contribution in [0.1, 0.15) is 43.8 Å². The van der Waals surface area contributed by atoms with Gasteiger partial charge in [0.15, 0.2) is 11.5 Å². The van der Waals surface area contributed by atoms with Crippen molar-refractivity contribution in [1.82, 2.24) is 10.2 Å². The molecule has 0 radical (unpaired) electrons. The van der Waals surface area contributed by atoms with Crippen molar-refractivity contribution in [2.45, 2.75) is 44.2 Å². The van der Waals surface area contributed by atoms with E-state index in [2.05, 4.69) is 10.2 Å². The third-order valence-electron chi connectivity index (χ3n) is 6.10. The van der Waals surface area contributed by atoms with Crippen molar-refractivity contribution >= 4 is 5.91 Å². The first-order valence-corrected chi connectivity index (χ1v) is 10.9. The first-order chi connectivity index (χ1) is 14.2. The number of fused-ring (bicyclic) bond motifs is 1. The molecule has 0 aliphatic carbocycles. The molecular formula is C22H32N2O5. The minimum absolute atomic E-state index is 0.0118. The van der Waals surface area contributed by atoms with Crippen molar-refractivity contribution < 1.29 is 24.1 Å². The van der Waals surface area contributed by atoms with Crippen LogP contribution in [-0.4, -0.2) is 68.0 Å². The van der Waals surface area contributed by atoms with Crippen molar-refractivity contribution in [3.05, 3.63) is 23.8 Å². The highest BCUT2D eigenvalue weighted by molar-refractivity contribution is 5.76. The van der Waals surface area contributed by atoms with Gasteiger partial charge in [-0.1, -0.05) is 6.07 Å². The molecule has 1 amide bonds. The average Bonchev–Trinajstić information content (AvgIpc) is 3.26. The quantitative estimate of drug-likeness (QED) is 0.723. The predicted octanol–water partition coefficient (Wildman–Crippen LogP) is 1.89. The topological polar surface area (TPSA) is 80.3 Å². The lowest BCUT2D eigenvalue weighted by Gasteiger charge is -2.30. The molecule has 2 N–H and O–H groups in total. The van der Waals surface area contributed by atoms with Crippen LogP contribution in [0.5, 0.6) is 11.5 Å². The molecule has 160 valence electrons. The predicted molar refractivity (Wildman–Crippen MR) is 108 cm³/mol. The molecule has 4 rings (SSSR count). The first-order valence-electron chi connectivity index (χ1n) is 10.9. The molecule has 7 nitrogen and oxygen atoms in total. The summed E-state index contributed by atoms with van der Waals surface area (Å²) in [6.45, 7) is 5.18. The Bertz CT molecular complexity index is 686. The molecule has 0 spiro atoms. The summed E-state index contributed by atoms with van der Waals surface area (Å²) < 4.78 is 16.6. The highest BCUT2D eigenvalue weighted by atomic mass is 16.6. The van der Waals surface area contributed by atoms with Crippen molar-refractivity contribution in [2.75, 3.05) is 46.1 Å². The number of benzene rings is 1. The molecule has 29 heavy (non-hydrogen) atoms. The number of carbonyl (C=O) groups is 1. The third kappa shape index (κ3) is 5.41. The average molecular weight is 405 g/mol. The standard InChI is InChI=1S/C22H32N2O5/c25-21(13-16-5-9-27-10-6-16)23-18(15-24-7-1-2-8-24)22(26)17-3-4-19-20(14-17)29-12-11-28-19/h3-4,14,16,18,22,26H,1-2,5-13,15H2,(H,23,25)/t18-,22+/m1/s1. The zero-order valence-electron chi connectivity index (χ0n) is 17.0. The largest absolute Gasteiger partial charge is 0.486 e. The second kappa shape index (κ2) is 9.78. The normalized spacial score (nSPS) is 22.2. The summed E-state index contributed by atoms with van der Waals surface area (Å²) in [5.41, 5.74) is 0.741. The van der Waals surface area contributed by atoms with E-state index < -0.39 is 6.10 Å². The van der Waals surface area contributed by atoms with Crippen LogP contribution in [0.4, 0.5) is 0 Å². The van der Waals surface area contributed by atoms with Gasteiger partial charge in [-0.3, -0.25) is 4.79 Å². The Labute approximate surface area is 172 Å². The monoisotopic (exact) mass is 404 g/mol. The van der Waals surface area contributed by atoms with Gasteiger partial charge in [0.25, 0.3) is 0 Å². The highest BCUT2D eigenvalue weighted by Crippen LogP contribution is 2.33. The molecule has 3 aliphatic rings. The fourth-order valence-electron chi connectivity index (χ4n) is 4.42. The Morgan fingerprint density at radius 3 is 2.59 bits per heavy atom. The van der Waals surface area contributed by atoms with Crippen LogP contribution in [0.3, 0.4) is 0 Å². The van der Waals surface area contributed by atoms with Crippen LogP contribution in [0.25, 0.3) is 0 Å². The van der Waals surface area contributed by atoms with Gasteiger partial charge in [-0.05, 0) is 62.4 Å². The number of aliphatic hydroxyl groups excluding tert-OH is 1. The summed E-state index contributed by atoms with van der Waals surface area (Å²) in [5.74, 6) is 1.73. The van der Waals surface area contributed by atoms with Crippen molar-refractivity contribution in [1.29, 1.82) is 0 Å². The maximum atomic E-state index is 12.7. The van der Waals surface area contributed by atoms with Gasteiger partial charge < -0.3 is 29.5 Å². The maximum Gasteiger partial charge on any atom is 0.220 e. The number of rotatable bonds is 7. The van der Waals surface area contributed by atoms with Gasteiger partial charge in [0.1, 0.15) is 19.3 Å². The van der Waals surface area contributed by atoms with Crippen LogP contribution in [0, 0.1) is 5.92 Å². The number of hydrogen-bond acceptors (Lipinski definition) is 6. The van der Waals surface area contributed by atoms with Crippen LogP contribution in [0.15, 0.2) is 18.2 Å². The molecule has 2 atom stereocenters.